The predicted octanol–water partition coefficient (Wildman–Crippen LogP) is 3.07. The molecule has 0 aliphatic carbocycles. The van der Waals surface area contributed by atoms with E-state index in [9.17, 15) is 14.3 Å². The van der Waals surface area contributed by atoms with Crippen LogP contribution in [0.4, 0.5) is 4.39 Å². The Balaban J connectivity index is 1.72. The predicted molar refractivity (Wildman–Crippen MR) is 105 cm³/mol. The van der Waals surface area contributed by atoms with E-state index in [-0.39, 0.29) is 11.7 Å². The Labute approximate surface area is 167 Å². The molecule has 0 radical (unpaired) electrons. The van der Waals surface area contributed by atoms with Gasteiger partial charge in [-0.1, -0.05) is 5.21 Å². The first-order chi connectivity index (χ1) is 14.0. The number of hydrogen-bond donors (Lipinski definition) is 1. The van der Waals surface area contributed by atoms with Crippen LogP contribution in [0.15, 0.2) is 42.7 Å². The summed E-state index contributed by atoms with van der Waals surface area (Å²) in [6.07, 6.45) is 4.94. The lowest BCUT2D eigenvalue weighted by Crippen LogP contribution is -2.38. The summed E-state index contributed by atoms with van der Waals surface area (Å²) in [7, 11) is 0. The first kappa shape index (κ1) is 19.2. The fourth-order valence-electron chi connectivity index (χ4n) is 3.77. The summed E-state index contributed by atoms with van der Waals surface area (Å²) in [6.45, 7) is 3.53. The fraction of sp³-hybridized carbons (Fsp3) is 0.333. The molecule has 4 rings (SSSR count). The topological polar surface area (TPSA) is 84.1 Å². The van der Waals surface area contributed by atoms with Gasteiger partial charge in [0.05, 0.1) is 17.3 Å². The molecular formula is C21H22FN5O2. The van der Waals surface area contributed by atoms with E-state index in [2.05, 4.69) is 20.2 Å². The first-order valence-electron chi connectivity index (χ1n) is 9.59. The summed E-state index contributed by atoms with van der Waals surface area (Å²) in [4.78, 5) is 17.6. The van der Waals surface area contributed by atoms with Gasteiger partial charge in [0.2, 0.25) is 0 Å². The van der Waals surface area contributed by atoms with Gasteiger partial charge in [0.25, 0.3) is 0 Å². The SMILES string of the molecule is Cc1cc(-n2nnc(CN3CCCC(C(=O)O)C3)c2-c2ccncc2)ccc1F. The summed E-state index contributed by atoms with van der Waals surface area (Å²) in [5, 5.41) is 18.1. The maximum Gasteiger partial charge on any atom is 0.307 e. The van der Waals surface area contributed by atoms with E-state index < -0.39 is 5.97 Å². The van der Waals surface area contributed by atoms with E-state index in [1.807, 2.05) is 12.1 Å². The van der Waals surface area contributed by atoms with Gasteiger partial charge in [-0.25, -0.2) is 9.07 Å². The zero-order valence-corrected chi connectivity index (χ0v) is 16.1. The zero-order chi connectivity index (χ0) is 20.4. The molecule has 7 nitrogen and oxygen atoms in total. The molecule has 1 atom stereocenters. The van der Waals surface area contributed by atoms with Crippen molar-refractivity contribution < 1.29 is 14.3 Å². The number of nitrogens with zero attached hydrogens (tertiary/aromatic N) is 5. The highest BCUT2D eigenvalue weighted by Gasteiger charge is 2.27. The van der Waals surface area contributed by atoms with E-state index in [0.717, 1.165) is 35.6 Å². The molecular weight excluding hydrogens is 373 g/mol. The molecule has 0 amide bonds. The van der Waals surface area contributed by atoms with Gasteiger partial charge in [0.1, 0.15) is 11.5 Å². The molecule has 150 valence electrons. The van der Waals surface area contributed by atoms with Gasteiger partial charge in [0, 0.05) is 31.0 Å². The van der Waals surface area contributed by atoms with Crippen molar-refractivity contribution >= 4 is 5.97 Å². The Hall–Kier alpha value is -3.13. The molecule has 3 heterocycles. The van der Waals surface area contributed by atoms with Crippen molar-refractivity contribution in [3.63, 3.8) is 0 Å². The Morgan fingerprint density at radius 1 is 1.28 bits per heavy atom. The number of carboxylic acid groups (broad SMARTS) is 1. The van der Waals surface area contributed by atoms with Crippen molar-refractivity contribution in [3.8, 4) is 16.9 Å². The van der Waals surface area contributed by atoms with Gasteiger partial charge in [-0.2, -0.15) is 0 Å². The maximum atomic E-state index is 13.7. The number of pyridine rings is 1. The number of carboxylic acids is 1. The number of benzene rings is 1. The van der Waals surface area contributed by atoms with Crippen molar-refractivity contribution in [2.24, 2.45) is 5.92 Å². The molecule has 1 unspecified atom stereocenters. The average molecular weight is 395 g/mol. The smallest absolute Gasteiger partial charge is 0.307 e. The third-order valence-corrected chi connectivity index (χ3v) is 5.31. The van der Waals surface area contributed by atoms with Gasteiger partial charge in [-0.15, -0.1) is 5.10 Å². The van der Waals surface area contributed by atoms with Crippen LogP contribution in [0.1, 0.15) is 24.1 Å². The van der Waals surface area contributed by atoms with E-state index in [0.29, 0.717) is 25.1 Å². The second kappa shape index (κ2) is 8.08. The number of aromatic nitrogens is 4. The minimum Gasteiger partial charge on any atom is -0.481 e. The van der Waals surface area contributed by atoms with Gasteiger partial charge >= 0.3 is 5.97 Å². The van der Waals surface area contributed by atoms with Crippen LogP contribution in [-0.2, 0) is 11.3 Å². The lowest BCUT2D eigenvalue weighted by atomic mass is 9.98. The third kappa shape index (κ3) is 4.02. The fourth-order valence-corrected chi connectivity index (χ4v) is 3.77. The van der Waals surface area contributed by atoms with Crippen LogP contribution >= 0.6 is 0 Å². The van der Waals surface area contributed by atoms with Crippen molar-refractivity contribution in [2.45, 2.75) is 26.3 Å². The average Bonchev–Trinajstić information content (AvgIpc) is 3.14. The molecule has 0 bridgehead atoms. The van der Waals surface area contributed by atoms with Gasteiger partial charge < -0.3 is 5.11 Å². The third-order valence-electron chi connectivity index (χ3n) is 5.31. The highest BCUT2D eigenvalue weighted by molar-refractivity contribution is 5.70. The van der Waals surface area contributed by atoms with Crippen LogP contribution < -0.4 is 0 Å². The molecule has 1 fully saturated rings. The summed E-state index contributed by atoms with van der Waals surface area (Å²) in [5.74, 6) is -1.38. The number of rotatable bonds is 5. The number of halogens is 1. The molecule has 1 aliphatic heterocycles. The first-order valence-corrected chi connectivity index (χ1v) is 9.59. The molecule has 1 aromatic carbocycles. The molecule has 3 aromatic rings. The number of likely N-dealkylation sites (tertiary alicyclic amines) is 1. The van der Waals surface area contributed by atoms with Crippen molar-refractivity contribution in [2.75, 3.05) is 13.1 Å². The lowest BCUT2D eigenvalue weighted by Gasteiger charge is -2.30. The van der Waals surface area contributed by atoms with E-state index in [1.165, 1.54) is 6.07 Å². The minimum absolute atomic E-state index is 0.271. The van der Waals surface area contributed by atoms with Crippen LogP contribution in [0, 0.1) is 18.7 Å². The largest absolute Gasteiger partial charge is 0.481 e. The van der Waals surface area contributed by atoms with Crippen LogP contribution in [0.3, 0.4) is 0 Å². The molecule has 0 saturated carbocycles. The highest BCUT2D eigenvalue weighted by Crippen LogP contribution is 2.28. The molecule has 1 aliphatic rings. The summed E-state index contributed by atoms with van der Waals surface area (Å²) >= 11 is 0. The van der Waals surface area contributed by atoms with E-state index in [4.69, 9.17) is 0 Å². The number of carbonyl (C=O) groups is 1. The summed E-state index contributed by atoms with van der Waals surface area (Å²) < 4.78 is 15.4. The number of aryl methyl sites for hydroxylation is 1. The molecule has 1 saturated heterocycles. The molecule has 0 spiro atoms. The minimum atomic E-state index is -0.755. The Morgan fingerprint density at radius 2 is 2.07 bits per heavy atom. The standard InChI is InChI=1S/C21H22FN5O2/c1-14-11-17(4-5-18(14)22)27-20(15-6-8-23-9-7-15)19(24-25-27)13-26-10-2-3-16(12-26)21(28)29/h4-9,11,16H,2-3,10,12-13H2,1H3,(H,28,29). The Morgan fingerprint density at radius 3 is 2.79 bits per heavy atom. The second-order valence-corrected chi connectivity index (χ2v) is 7.38. The molecule has 1 N–H and O–H groups in total. The van der Waals surface area contributed by atoms with Gasteiger partial charge in [-0.05, 0) is 62.2 Å². The molecule has 29 heavy (non-hydrogen) atoms. The van der Waals surface area contributed by atoms with Crippen molar-refractivity contribution in [1.29, 1.82) is 0 Å². The summed E-state index contributed by atoms with van der Waals surface area (Å²) in [6, 6.07) is 8.59. The molecule has 2 aromatic heterocycles. The number of piperidine rings is 1. The van der Waals surface area contributed by atoms with Gasteiger partial charge in [0.15, 0.2) is 0 Å². The number of aliphatic carboxylic acids is 1. The van der Waals surface area contributed by atoms with Gasteiger partial charge in [-0.3, -0.25) is 14.7 Å². The quantitative estimate of drug-likeness (QED) is 0.715. The van der Waals surface area contributed by atoms with E-state index in [1.54, 1.807) is 36.1 Å². The maximum absolute atomic E-state index is 13.7. The Kier molecular flexibility index (Phi) is 5.35. The highest BCUT2D eigenvalue weighted by atomic mass is 19.1. The lowest BCUT2D eigenvalue weighted by molar-refractivity contribution is -0.143. The zero-order valence-electron chi connectivity index (χ0n) is 16.1. The summed E-state index contributed by atoms with van der Waals surface area (Å²) in [5.41, 5.74) is 3.70. The van der Waals surface area contributed by atoms with Crippen LogP contribution in [0.2, 0.25) is 0 Å². The monoisotopic (exact) mass is 395 g/mol. The number of hydrogen-bond acceptors (Lipinski definition) is 5. The van der Waals surface area contributed by atoms with Crippen LogP contribution in [0.5, 0.6) is 0 Å². The molecule has 8 heteroatoms. The second-order valence-electron chi connectivity index (χ2n) is 7.38. The van der Waals surface area contributed by atoms with Crippen LogP contribution in [0.25, 0.3) is 16.9 Å². The normalized spacial score (nSPS) is 17.4. The Bertz CT molecular complexity index is 1020. The van der Waals surface area contributed by atoms with E-state index >= 15 is 0 Å². The van der Waals surface area contributed by atoms with Crippen molar-refractivity contribution in [3.05, 3.63) is 59.8 Å². The van der Waals surface area contributed by atoms with Crippen molar-refractivity contribution in [1.82, 2.24) is 24.9 Å². The van der Waals surface area contributed by atoms with Crippen LogP contribution in [-0.4, -0.2) is 49.0 Å².